The lowest BCUT2D eigenvalue weighted by Crippen LogP contribution is -2.04. The molecule has 2 aromatic heterocycles. The molecular formula is C10H14N4S. The van der Waals surface area contributed by atoms with Crippen LogP contribution in [0.3, 0.4) is 0 Å². The highest BCUT2D eigenvalue weighted by Crippen LogP contribution is 2.11. The summed E-state index contributed by atoms with van der Waals surface area (Å²) in [5.74, 6) is 0.889. The van der Waals surface area contributed by atoms with Crippen LogP contribution in [0.1, 0.15) is 16.4 Å². The Kier molecular flexibility index (Phi) is 2.73. The van der Waals surface area contributed by atoms with Crippen molar-refractivity contribution in [3.05, 3.63) is 28.0 Å². The number of imidazole rings is 1. The minimum absolute atomic E-state index is 0.739. The zero-order valence-corrected chi connectivity index (χ0v) is 9.93. The molecule has 0 aliphatic heterocycles. The van der Waals surface area contributed by atoms with Gasteiger partial charge in [0.05, 0.1) is 12.2 Å². The molecule has 0 radical (unpaired) electrons. The lowest BCUT2D eigenvalue weighted by molar-refractivity contribution is 0.896. The second-order valence-electron chi connectivity index (χ2n) is 3.55. The monoisotopic (exact) mass is 222 g/mol. The van der Waals surface area contributed by atoms with Gasteiger partial charge in [0.1, 0.15) is 5.01 Å². The summed E-state index contributed by atoms with van der Waals surface area (Å²) in [4.78, 5) is 8.74. The molecule has 0 atom stereocenters. The molecule has 0 spiro atoms. The Bertz CT molecular complexity index is 458. The summed E-state index contributed by atoms with van der Waals surface area (Å²) in [6.07, 6.45) is 2.00. The predicted molar refractivity (Wildman–Crippen MR) is 62.1 cm³/mol. The molecule has 15 heavy (non-hydrogen) atoms. The highest BCUT2D eigenvalue weighted by atomic mass is 32.1. The number of aryl methyl sites for hydroxylation is 3. The maximum absolute atomic E-state index is 4.38. The predicted octanol–water partition coefficient (Wildman–Crippen LogP) is 2.11. The van der Waals surface area contributed by atoms with Crippen molar-refractivity contribution in [1.29, 1.82) is 0 Å². The summed E-state index contributed by atoms with van der Waals surface area (Å²) in [5, 5.41) is 6.41. The molecule has 0 aromatic carbocycles. The highest BCUT2D eigenvalue weighted by Gasteiger charge is 2.03. The fourth-order valence-corrected chi connectivity index (χ4v) is 2.13. The van der Waals surface area contributed by atoms with Crippen LogP contribution >= 0.6 is 11.3 Å². The van der Waals surface area contributed by atoms with E-state index in [1.54, 1.807) is 11.3 Å². The Morgan fingerprint density at radius 3 is 2.67 bits per heavy atom. The van der Waals surface area contributed by atoms with Gasteiger partial charge in [0.25, 0.3) is 0 Å². The molecule has 0 aliphatic carbocycles. The van der Waals surface area contributed by atoms with Gasteiger partial charge in [0.15, 0.2) is 0 Å². The first-order valence-corrected chi connectivity index (χ1v) is 5.68. The second-order valence-corrected chi connectivity index (χ2v) is 4.50. The number of hydrogen-bond acceptors (Lipinski definition) is 4. The number of anilines is 1. The van der Waals surface area contributed by atoms with E-state index >= 15 is 0 Å². The summed E-state index contributed by atoms with van der Waals surface area (Å²) >= 11 is 1.67. The Morgan fingerprint density at radius 1 is 1.33 bits per heavy atom. The Morgan fingerprint density at radius 2 is 2.13 bits per heavy atom. The van der Waals surface area contributed by atoms with Crippen LogP contribution < -0.4 is 5.32 Å². The Balaban J connectivity index is 2.01. The van der Waals surface area contributed by atoms with E-state index in [0.29, 0.717) is 0 Å². The van der Waals surface area contributed by atoms with Crippen LogP contribution in [0.25, 0.3) is 0 Å². The molecule has 2 aromatic rings. The van der Waals surface area contributed by atoms with Crippen LogP contribution in [0.15, 0.2) is 11.6 Å². The van der Waals surface area contributed by atoms with Gasteiger partial charge in [-0.05, 0) is 13.8 Å². The average molecular weight is 222 g/mol. The topological polar surface area (TPSA) is 42.7 Å². The average Bonchev–Trinajstić information content (AvgIpc) is 2.70. The van der Waals surface area contributed by atoms with Crippen molar-refractivity contribution in [3.8, 4) is 0 Å². The fraction of sp³-hybridized carbons (Fsp3) is 0.400. The van der Waals surface area contributed by atoms with Gasteiger partial charge in [0.2, 0.25) is 5.95 Å². The number of aromatic nitrogens is 3. The molecule has 2 rings (SSSR count). The zero-order chi connectivity index (χ0) is 10.8. The number of hydrogen-bond donors (Lipinski definition) is 1. The van der Waals surface area contributed by atoms with Gasteiger partial charge in [-0.3, -0.25) is 0 Å². The van der Waals surface area contributed by atoms with Crippen LogP contribution in [0.5, 0.6) is 0 Å². The van der Waals surface area contributed by atoms with Crippen LogP contribution in [0, 0.1) is 13.8 Å². The standard InChI is InChI=1S/C10H14N4S/c1-7-5-14(3)10(13-7)11-4-9-12-8(2)6-15-9/h5-6H,4H2,1-3H3,(H,11,13). The van der Waals surface area contributed by atoms with E-state index in [-0.39, 0.29) is 0 Å². The van der Waals surface area contributed by atoms with Crippen molar-refractivity contribution >= 4 is 17.3 Å². The van der Waals surface area contributed by atoms with Gasteiger partial charge < -0.3 is 9.88 Å². The van der Waals surface area contributed by atoms with E-state index in [1.807, 2.05) is 31.7 Å². The summed E-state index contributed by atoms with van der Waals surface area (Å²) < 4.78 is 1.98. The molecule has 0 saturated heterocycles. The van der Waals surface area contributed by atoms with Gasteiger partial charge in [-0.1, -0.05) is 0 Å². The van der Waals surface area contributed by atoms with Crippen molar-refractivity contribution < 1.29 is 0 Å². The van der Waals surface area contributed by atoms with Crippen molar-refractivity contribution in [3.63, 3.8) is 0 Å². The molecule has 80 valence electrons. The first kappa shape index (κ1) is 10.2. The maximum atomic E-state index is 4.38. The quantitative estimate of drug-likeness (QED) is 0.865. The van der Waals surface area contributed by atoms with Crippen LogP contribution in [0.2, 0.25) is 0 Å². The Hall–Kier alpha value is -1.36. The summed E-state index contributed by atoms with van der Waals surface area (Å²) in [6, 6.07) is 0. The van der Waals surface area contributed by atoms with E-state index in [0.717, 1.165) is 28.9 Å². The van der Waals surface area contributed by atoms with Gasteiger partial charge in [-0.15, -0.1) is 11.3 Å². The van der Waals surface area contributed by atoms with Crippen molar-refractivity contribution in [2.24, 2.45) is 7.05 Å². The number of nitrogens with one attached hydrogen (secondary N) is 1. The fourth-order valence-electron chi connectivity index (χ4n) is 1.42. The Labute approximate surface area is 93.0 Å². The van der Waals surface area contributed by atoms with Gasteiger partial charge in [-0.25, -0.2) is 9.97 Å². The number of nitrogens with zero attached hydrogens (tertiary/aromatic N) is 3. The number of thiazole rings is 1. The van der Waals surface area contributed by atoms with Crippen molar-refractivity contribution in [2.45, 2.75) is 20.4 Å². The van der Waals surface area contributed by atoms with Gasteiger partial charge in [0, 0.05) is 24.3 Å². The molecule has 5 heteroatoms. The van der Waals surface area contributed by atoms with Crippen LogP contribution in [0.4, 0.5) is 5.95 Å². The van der Waals surface area contributed by atoms with Crippen molar-refractivity contribution in [2.75, 3.05) is 5.32 Å². The largest absolute Gasteiger partial charge is 0.349 e. The molecule has 0 fully saturated rings. The van der Waals surface area contributed by atoms with E-state index in [4.69, 9.17) is 0 Å². The van der Waals surface area contributed by atoms with E-state index in [9.17, 15) is 0 Å². The summed E-state index contributed by atoms with van der Waals surface area (Å²) in [5.41, 5.74) is 2.10. The summed E-state index contributed by atoms with van der Waals surface area (Å²) in [6.45, 7) is 4.73. The SMILES string of the molecule is Cc1csc(CNc2nc(C)cn2C)n1. The molecule has 2 heterocycles. The maximum Gasteiger partial charge on any atom is 0.203 e. The van der Waals surface area contributed by atoms with E-state index in [2.05, 4.69) is 20.7 Å². The molecule has 0 saturated carbocycles. The van der Waals surface area contributed by atoms with E-state index in [1.165, 1.54) is 0 Å². The molecule has 0 bridgehead atoms. The smallest absolute Gasteiger partial charge is 0.203 e. The molecule has 0 unspecified atom stereocenters. The minimum Gasteiger partial charge on any atom is -0.349 e. The van der Waals surface area contributed by atoms with Gasteiger partial charge >= 0.3 is 0 Å². The molecule has 0 aliphatic rings. The number of rotatable bonds is 3. The normalized spacial score (nSPS) is 10.6. The third kappa shape index (κ3) is 2.36. The van der Waals surface area contributed by atoms with Crippen molar-refractivity contribution in [1.82, 2.24) is 14.5 Å². The lowest BCUT2D eigenvalue weighted by Gasteiger charge is -2.02. The van der Waals surface area contributed by atoms with Crippen LogP contribution in [-0.4, -0.2) is 14.5 Å². The van der Waals surface area contributed by atoms with E-state index < -0.39 is 0 Å². The molecule has 4 nitrogen and oxygen atoms in total. The van der Waals surface area contributed by atoms with Gasteiger partial charge in [-0.2, -0.15) is 0 Å². The molecule has 0 amide bonds. The zero-order valence-electron chi connectivity index (χ0n) is 9.11. The summed E-state index contributed by atoms with van der Waals surface area (Å²) in [7, 11) is 1.98. The van der Waals surface area contributed by atoms with Crippen LogP contribution in [-0.2, 0) is 13.6 Å². The first-order valence-electron chi connectivity index (χ1n) is 4.80. The first-order chi connectivity index (χ1) is 7.15. The minimum atomic E-state index is 0.739. The third-order valence-corrected chi connectivity index (χ3v) is 3.03. The molecule has 1 N–H and O–H groups in total. The lowest BCUT2D eigenvalue weighted by atomic mass is 10.6. The third-order valence-electron chi connectivity index (χ3n) is 2.06. The second kappa shape index (κ2) is 4.02. The molecular weight excluding hydrogens is 208 g/mol. The highest BCUT2D eigenvalue weighted by molar-refractivity contribution is 7.09.